The number of hydrogen-bond donors (Lipinski definition) is 0. The van der Waals surface area contributed by atoms with Gasteiger partial charge in [0.15, 0.2) is 0 Å². The summed E-state index contributed by atoms with van der Waals surface area (Å²) >= 11 is 0. The second-order valence-corrected chi connectivity index (χ2v) is 5.92. The molecule has 0 aromatic carbocycles. The molecule has 0 aliphatic carbocycles. The molecule has 1 aromatic heterocycles. The van der Waals surface area contributed by atoms with E-state index in [0.29, 0.717) is 0 Å². The highest BCUT2D eigenvalue weighted by Gasteiger charge is 2.52. The Morgan fingerprint density at radius 3 is 2.11 bits per heavy atom. The van der Waals surface area contributed by atoms with Crippen LogP contribution in [0.5, 0.6) is 0 Å². The zero-order valence-corrected chi connectivity index (χ0v) is 12.2. The highest BCUT2D eigenvalue weighted by atomic mass is 16.7. The first-order valence-corrected chi connectivity index (χ1v) is 6.59. The Balaban J connectivity index is 2.27. The number of hydrogen-bond acceptors (Lipinski definition) is 3. The summed E-state index contributed by atoms with van der Waals surface area (Å²) in [6, 6.07) is 4.12. The van der Waals surface area contributed by atoms with Gasteiger partial charge >= 0.3 is 7.12 Å². The van der Waals surface area contributed by atoms with Crippen molar-refractivity contribution in [1.82, 2.24) is 4.98 Å². The van der Waals surface area contributed by atoms with Crippen LogP contribution >= 0.6 is 0 Å². The zero-order valence-electron chi connectivity index (χ0n) is 12.2. The van der Waals surface area contributed by atoms with Crippen LogP contribution in [0.4, 0.5) is 0 Å². The quantitative estimate of drug-likeness (QED) is 0.751. The number of rotatable bonds is 2. The lowest BCUT2D eigenvalue weighted by atomic mass is 9.83. The van der Waals surface area contributed by atoms with E-state index in [9.17, 15) is 0 Å². The van der Waals surface area contributed by atoms with Gasteiger partial charge in [-0.3, -0.25) is 4.98 Å². The summed E-state index contributed by atoms with van der Waals surface area (Å²) in [5, 5.41) is 0. The summed E-state index contributed by atoms with van der Waals surface area (Å²) in [5.41, 5.74) is 2.58. The number of nitrogens with zero attached hydrogens (tertiary/aromatic N) is 1. The lowest BCUT2D eigenvalue weighted by Gasteiger charge is -2.32. The average molecular weight is 247 g/mol. The normalized spacial score (nSPS) is 21.3. The van der Waals surface area contributed by atoms with Gasteiger partial charge < -0.3 is 9.31 Å². The Morgan fingerprint density at radius 2 is 1.67 bits per heavy atom. The fraction of sp³-hybridized carbons (Fsp3) is 0.643. The molecule has 18 heavy (non-hydrogen) atoms. The van der Waals surface area contributed by atoms with Crippen molar-refractivity contribution >= 4 is 12.7 Å². The summed E-state index contributed by atoms with van der Waals surface area (Å²) in [6.07, 6.45) is 1.00. The molecule has 0 radical (unpaired) electrons. The Kier molecular flexibility index (Phi) is 3.28. The van der Waals surface area contributed by atoms with E-state index in [1.165, 1.54) is 5.56 Å². The van der Waals surface area contributed by atoms with Crippen LogP contribution in [0.15, 0.2) is 12.1 Å². The molecule has 0 spiro atoms. The van der Waals surface area contributed by atoms with Crippen LogP contribution in [0.2, 0.25) is 0 Å². The Bertz CT molecular complexity index is 441. The minimum absolute atomic E-state index is 0.309. The Morgan fingerprint density at radius 1 is 1.11 bits per heavy atom. The minimum Gasteiger partial charge on any atom is -0.398 e. The van der Waals surface area contributed by atoms with Gasteiger partial charge in [-0.15, -0.1) is 0 Å². The van der Waals surface area contributed by atoms with Crippen molar-refractivity contribution in [3.63, 3.8) is 0 Å². The maximum absolute atomic E-state index is 5.99. The van der Waals surface area contributed by atoms with Gasteiger partial charge in [0, 0.05) is 5.69 Å². The van der Waals surface area contributed by atoms with E-state index in [1.54, 1.807) is 0 Å². The predicted molar refractivity (Wildman–Crippen MR) is 74.1 cm³/mol. The van der Waals surface area contributed by atoms with Gasteiger partial charge in [0.1, 0.15) is 0 Å². The first-order valence-electron chi connectivity index (χ1n) is 6.59. The van der Waals surface area contributed by atoms with Crippen molar-refractivity contribution in [3.05, 3.63) is 23.4 Å². The topological polar surface area (TPSA) is 31.4 Å². The van der Waals surface area contributed by atoms with Crippen molar-refractivity contribution in [2.75, 3.05) is 0 Å². The molecular weight excluding hydrogens is 225 g/mol. The lowest BCUT2D eigenvalue weighted by Crippen LogP contribution is -2.41. The van der Waals surface area contributed by atoms with Crippen LogP contribution in [0.3, 0.4) is 0 Å². The standard InChI is InChI=1S/C14H22BNO2/c1-7-11-8-9-12(16-10(11)2)15-17-13(3,4)14(5,6)18-15/h8-9H,7H2,1-6H3. The van der Waals surface area contributed by atoms with Crippen LogP contribution in [-0.4, -0.2) is 23.3 Å². The first-order chi connectivity index (χ1) is 8.27. The summed E-state index contributed by atoms with van der Waals surface area (Å²) in [5.74, 6) is 0. The SMILES string of the molecule is CCc1ccc(B2OC(C)(C)C(C)(C)O2)nc1C. The molecule has 3 nitrogen and oxygen atoms in total. The zero-order chi connectivity index (χ0) is 13.6. The molecule has 1 aromatic rings. The third-order valence-corrected chi connectivity index (χ3v) is 4.09. The molecular formula is C14H22BNO2. The van der Waals surface area contributed by atoms with E-state index >= 15 is 0 Å². The summed E-state index contributed by atoms with van der Waals surface area (Å²) in [4.78, 5) is 4.61. The van der Waals surface area contributed by atoms with Gasteiger partial charge in [0.2, 0.25) is 0 Å². The van der Waals surface area contributed by atoms with E-state index in [-0.39, 0.29) is 18.3 Å². The Hall–Kier alpha value is -0.865. The summed E-state index contributed by atoms with van der Waals surface area (Å²) < 4.78 is 12.0. The molecule has 0 unspecified atom stereocenters. The van der Waals surface area contributed by atoms with Crippen molar-refractivity contribution in [2.45, 2.75) is 59.2 Å². The van der Waals surface area contributed by atoms with Gasteiger partial charge in [-0.25, -0.2) is 0 Å². The van der Waals surface area contributed by atoms with Gasteiger partial charge in [-0.2, -0.15) is 0 Å². The number of aryl methyl sites for hydroxylation is 2. The van der Waals surface area contributed by atoms with Gasteiger partial charge in [0.05, 0.1) is 16.8 Å². The molecule has 0 amide bonds. The largest absolute Gasteiger partial charge is 0.514 e. The monoisotopic (exact) mass is 247 g/mol. The van der Waals surface area contributed by atoms with E-state index in [1.807, 2.05) is 13.0 Å². The van der Waals surface area contributed by atoms with E-state index in [0.717, 1.165) is 17.7 Å². The third-order valence-electron chi connectivity index (χ3n) is 4.09. The van der Waals surface area contributed by atoms with Crippen molar-refractivity contribution in [3.8, 4) is 0 Å². The fourth-order valence-corrected chi connectivity index (χ4v) is 2.08. The van der Waals surface area contributed by atoms with Crippen LogP contribution in [0.1, 0.15) is 45.9 Å². The fourth-order valence-electron chi connectivity index (χ4n) is 2.08. The second-order valence-electron chi connectivity index (χ2n) is 5.92. The summed E-state index contributed by atoms with van der Waals surface area (Å²) in [6.45, 7) is 12.4. The molecule has 0 saturated carbocycles. The van der Waals surface area contributed by atoms with Crippen molar-refractivity contribution in [1.29, 1.82) is 0 Å². The molecule has 1 saturated heterocycles. The highest BCUT2D eigenvalue weighted by molar-refractivity contribution is 6.61. The van der Waals surface area contributed by atoms with Crippen LogP contribution in [-0.2, 0) is 15.7 Å². The maximum atomic E-state index is 5.99. The van der Waals surface area contributed by atoms with Crippen LogP contribution < -0.4 is 5.59 Å². The lowest BCUT2D eigenvalue weighted by molar-refractivity contribution is 0.00578. The minimum atomic E-state index is -0.361. The molecule has 4 heteroatoms. The number of aromatic nitrogens is 1. The second kappa shape index (κ2) is 4.35. The predicted octanol–water partition coefficient (Wildman–Crippen LogP) is 2.25. The highest BCUT2D eigenvalue weighted by Crippen LogP contribution is 2.36. The first kappa shape index (κ1) is 13.6. The smallest absolute Gasteiger partial charge is 0.398 e. The third kappa shape index (κ3) is 2.19. The summed E-state index contributed by atoms with van der Waals surface area (Å²) in [7, 11) is -0.361. The van der Waals surface area contributed by atoms with Gasteiger partial charge in [-0.05, 0) is 52.7 Å². The molecule has 2 rings (SSSR count). The van der Waals surface area contributed by atoms with Crippen LogP contribution in [0.25, 0.3) is 0 Å². The molecule has 98 valence electrons. The Labute approximate surface area is 110 Å². The maximum Gasteiger partial charge on any atom is 0.514 e. The number of pyridine rings is 1. The molecule has 0 atom stereocenters. The molecule has 0 N–H and O–H groups in total. The molecule has 0 bridgehead atoms. The van der Waals surface area contributed by atoms with E-state index in [4.69, 9.17) is 9.31 Å². The molecule has 1 fully saturated rings. The molecule has 1 aliphatic rings. The van der Waals surface area contributed by atoms with Crippen molar-refractivity contribution in [2.24, 2.45) is 0 Å². The molecule has 2 heterocycles. The van der Waals surface area contributed by atoms with Crippen LogP contribution in [0, 0.1) is 6.92 Å². The van der Waals surface area contributed by atoms with Gasteiger partial charge in [-0.1, -0.05) is 13.0 Å². The molecule has 1 aliphatic heterocycles. The van der Waals surface area contributed by atoms with E-state index < -0.39 is 0 Å². The van der Waals surface area contributed by atoms with Crippen molar-refractivity contribution < 1.29 is 9.31 Å². The van der Waals surface area contributed by atoms with E-state index in [2.05, 4.69) is 45.7 Å². The van der Waals surface area contributed by atoms with Gasteiger partial charge in [0.25, 0.3) is 0 Å². The average Bonchev–Trinajstić information content (AvgIpc) is 2.48.